The van der Waals surface area contributed by atoms with Gasteiger partial charge in [0.1, 0.15) is 18.0 Å². The summed E-state index contributed by atoms with van der Waals surface area (Å²) < 4.78 is 36.9. The van der Waals surface area contributed by atoms with Crippen LogP contribution in [0.4, 0.5) is 10.8 Å². The second kappa shape index (κ2) is 10.5. The third-order valence-electron chi connectivity index (χ3n) is 3.60. The van der Waals surface area contributed by atoms with Crippen LogP contribution in [-0.2, 0) is 14.8 Å². The molecule has 0 aliphatic rings. The number of ether oxygens (including phenoxy) is 2. The molecule has 2 aromatic rings. The number of carbonyl (C=O) groups is 1. The first-order valence-electron chi connectivity index (χ1n) is 8.70. The van der Waals surface area contributed by atoms with Gasteiger partial charge in [-0.2, -0.15) is 0 Å². The molecular formula is C17H23ClN4O5S3. The lowest BCUT2D eigenvalue weighted by Gasteiger charge is -2.24. The third-order valence-corrected chi connectivity index (χ3v) is 7.42. The molecule has 1 heterocycles. The summed E-state index contributed by atoms with van der Waals surface area (Å²) in [6.07, 6.45) is 0.992. The number of hydrogen-bond acceptors (Lipinski definition) is 9. The van der Waals surface area contributed by atoms with Gasteiger partial charge in [-0.25, -0.2) is 8.42 Å². The molecule has 166 valence electrons. The van der Waals surface area contributed by atoms with Crippen molar-refractivity contribution in [3.05, 3.63) is 17.2 Å². The van der Waals surface area contributed by atoms with Gasteiger partial charge in [0, 0.05) is 17.9 Å². The molecule has 0 unspecified atom stereocenters. The molecule has 0 fully saturated rings. The minimum absolute atomic E-state index is 0.127. The Morgan fingerprint density at radius 2 is 1.93 bits per heavy atom. The van der Waals surface area contributed by atoms with Crippen molar-refractivity contribution in [1.29, 1.82) is 0 Å². The van der Waals surface area contributed by atoms with E-state index in [4.69, 9.17) is 21.1 Å². The highest BCUT2D eigenvalue weighted by Gasteiger charge is 2.26. The summed E-state index contributed by atoms with van der Waals surface area (Å²) in [7, 11) is -1.05. The van der Waals surface area contributed by atoms with Crippen molar-refractivity contribution in [2.45, 2.75) is 18.2 Å². The number of halogens is 1. The highest BCUT2D eigenvalue weighted by atomic mass is 35.5. The second-order valence-corrected chi connectivity index (χ2v) is 11.1. The fourth-order valence-electron chi connectivity index (χ4n) is 2.27. The summed E-state index contributed by atoms with van der Waals surface area (Å²) >= 11 is 8.87. The number of aromatic nitrogens is 2. The van der Waals surface area contributed by atoms with Crippen molar-refractivity contribution in [1.82, 2.24) is 10.2 Å². The SMILES string of the molecule is COc1cc(N(CC(=O)Nc2nnc(SCC(C)C)s2)S(C)(=O)=O)c(OC)cc1Cl. The van der Waals surface area contributed by atoms with Gasteiger partial charge < -0.3 is 9.47 Å². The Bertz CT molecular complexity index is 997. The van der Waals surface area contributed by atoms with E-state index in [9.17, 15) is 13.2 Å². The summed E-state index contributed by atoms with van der Waals surface area (Å²) in [4.78, 5) is 12.6. The first-order chi connectivity index (χ1) is 14.0. The van der Waals surface area contributed by atoms with Crippen LogP contribution in [0.2, 0.25) is 5.02 Å². The van der Waals surface area contributed by atoms with E-state index >= 15 is 0 Å². The quantitative estimate of drug-likeness (QED) is 0.395. The van der Waals surface area contributed by atoms with Gasteiger partial charge in [-0.05, 0) is 5.92 Å². The van der Waals surface area contributed by atoms with E-state index in [2.05, 4.69) is 29.4 Å². The first-order valence-corrected chi connectivity index (χ1v) is 12.7. The van der Waals surface area contributed by atoms with Crippen LogP contribution in [0.1, 0.15) is 13.8 Å². The molecule has 0 radical (unpaired) electrons. The minimum Gasteiger partial charge on any atom is -0.495 e. The molecule has 1 amide bonds. The molecule has 30 heavy (non-hydrogen) atoms. The van der Waals surface area contributed by atoms with E-state index in [1.165, 1.54) is 37.7 Å². The highest BCUT2D eigenvalue weighted by Crippen LogP contribution is 2.39. The maximum absolute atomic E-state index is 12.6. The number of carbonyl (C=O) groups excluding carboxylic acids is 1. The average Bonchev–Trinajstić information content (AvgIpc) is 3.10. The largest absolute Gasteiger partial charge is 0.495 e. The number of nitrogens with one attached hydrogen (secondary N) is 1. The molecule has 9 nitrogen and oxygen atoms in total. The van der Waals surface area contributed by atoms with Gasteiger partial charge in [0.15, 0.2) is 4.34 Å². The summed E-state index contributed by atoms with van der Waals surface area (Å²) in [5.74, 6) is 1.22. The molecule has 0 aliphatic heterocycles. The van der Waals surface area contributed by atoms with Crippen LogP contribution in [0.5, 0.6) is 11.5 Å². The molecule has 1 N–H and O–H groups in total. The molecule has 1 aromatic heterocycles. The molecule has 0 saturated carbocycles. The molecule has 2 rings (SSSR count). The summed E-state index contributed by atoms with van der Waals surface area (Å²) in [5.41, 5.74) is 0.127. The number of hydrogen-bond donors (Lipinski definition) is 1. The molecule has 1 aromatic carbocycles. The van der Waals surface area contributed by atoms with Crippen LogP contribution in [0.15, 0.2) is 16.5 Å². The van der Waals surface area contributed by atoms with Crippen molar-refractivity contribution >= 4 is 61.4 Å². The minimum atomic E-state index is -3.83. The Morgan fingerprint density at radius 1 is 1.27 bits per heavy atom. The lowest BCUT2D eigenvalue weighted by molar-refractivity contribution is -0.114. The predicted molar refractivity (Wildman–Crippen MR) is 121 cm³/mol. The standard InChI is InChI=1S/C17H23ClN4O5S3/c1-10(2)9-28-17-21-20-16(29-17)19-15(23)8-22(30(5,24)25)12-7-13(26-3)11(18)6-14(12)27-4/h6-7,10H,8-9H2,1-5H3,(H,19,20,23). The number of rotatable bonds is 10. The van der Waals surface area contributed by atoms with E-state index < -0.39 is 22.5 Å². The van der Waals surface area contributed by atoms with Gasteiger partial charge in [-0.1, -0.05) is 48.5 Å². The fraction of sp³-hybridized carbons (Fsp3) is 0.471. The first kappa shape index (κ1) is 24.5. The van der Waals surface area contributed by atoms with Crippen LogP contribution >= 0.6 is 34.7 Å². The molecule has 0 spiro atoms. The molecular weight excluding hydrogens is 472 g/mol. The fourth-order valence-corrected chi connectivity index (χ4v) is 5.09. The molecule has 0 bridgehead atoms. The monoisotopic (exact) mass is 494 g/mol. The Kier molecular flexibility index (Phi) is 8.59. The zero-order valence-corrected chi connectivity index (χ0v) is 20.3. The Balaban J connectivity index is 2.23. The number of methoxy groups -OCH3 is 2. The molecule has 13 heteroatoms. The smallest absolute Gasteiger partial charge is 0.246 e. The number of benzene rings is 1. The van der Waals surface area contributed by atoms with Crippen LogP contribution in [-0.4, -0.2) is 57.3 Å². The van der Waals surface area contributed by atoms with Crippen molar-refractivity contribution in [3.63, 3.8) is 0 Å². The number of amides is 1. The number of thioether (sulfide) groups is 1. The summed E-state index contributed by atoms with van der Waals surface area (Å²) in [6, 6.07) is 2.83. The van der Waals surface area contributed by atoms with Gasteiger partial charge in [0.2, 0.25) is 21.1 Å². The normalized spacial score (nSPS) is 11.4. The van der Waals surface area contributed by atoms with Crippen LogP contribution < -0.4 is 19.1 Å². The molecule has 0 atom stereocenters. The van der Waals surface area contributed by atoms with E-state index in [-0.39, 0.29) is 22.2 Å². The highest BCUT2D eigenvalue weighted by molar-refractivity contribution is 8.01. The maximum Gasteiger partial charge on any atom is 0.246 e. The average molecular weight is 495 g/mol. The Labute approximate surface area is 189 Å². The van der Waals surface area contributed by atoms with Crippen LogP contribution in [0, 0.1) is 5.92 Å². The topological polar surface area (TPSA) is 111 Å². The van der Waals surface area contributed by atoms with Crippen molar-refractivity contribution in [2.24, 2.45) is 5.92 Å². The van der Waals surface area contributed by atoms with Crippen molar-refractivity contribution in [2.75, 3.05) is 42.4 Å². The summed E-state index contributed by atoms with van der Waals surface area (Å²) in [5, 5.41) is 11.1. The van der Waals surface area contributed by atoms with Gasteiger partial charge in [-0.15, -0.1) is 10.2 Å². The van der Waals surface area contributed by atoms with Crippen molar-refractivity contribution < 1.29 is 22.7 Å². The Hall–Kier alpha value is -1.76. The number of anilines is 2. The van der Waals surface area contributed by atoms with Crippen molar-refractivity contribution in [3.8, 4) is 11.5 Å². The van der Waals surface area contributed by atoms with E-state index in [0.717, 1.165) is 20.7 Å². The van der Waals surface area contributed by atoms with E-state index in [1.54, 1.807) is 11.8 Å². The van der Waals surface area contributed by atoms with Gasteiger partial charge in [0.25, 0.3) is 0 Å². The van der Waals surface area contributed by atoms with Crippen LogP contribution in [0.25, 0.3) is 0 Å². The van der Waals surface area contributed by atoms with E-state index in [1.807, 2.05) is 0 Å². The summed E-state index contributed by atoms with van der Waals surface area (Å²) in [6.45, 7) is 3.70. The van der Waals surface area contributed by atoms with E-state index in [0.29, 0.717) is 11.0 Å². The molecule has 0 aliphatic carbocycles. The number of sulfonamides is 1. The van der Waals surface area contributed by atoms with Gasteiger partial charge in [0.05, 0.1) is 31.2 Å². The maximum atomic E-state index is 12.6. The van der Waals surface area contributed by atoms with Gasteiger partial charge >= 0.3 is 0 Å². The zero-order chi connectivity index (χ0) is 22.5. The zero-order valence-electron chi connectivity index (χ0n) is 17.1. The van der Waals surface area contributed by atoms with Crippen LogP contribution in [0.3, 0.4) is 0 Å². The second-order valence-electron chi connectivity index (χ2n) is 6.55. The number of nitrogens with zero attached hydrogens (tertiary/aromatic N) is 3. The molecule has 0 saturated heterocycles. The lowest BCUT2D eigenvalue weighted by atomic mass is 10.2. The predicted octanol–water partition coefficient (Wildman–Crippen LogP) is 3.36. The lowest BCUT2D eigenvalue weighted by Crippen LogP contribution is -2.37. The van der Waals surface area contributed by atoms with Gasteiger partial charge in [-0.3, -0.25) is 14.4 Å². The Morgan fingerprint density at radius 3 is 2.50 bits per heavy atom. The third kappa shape index (κ3) is 6.62.